The standard InChI is InChI=1S/C21H31N3O4/c1-21(2,3)28-19(25)7-6-14-27-16-8-9-18-17(15-16)22-20(26)24(18)13-12-23-10-4-5-11-23/h8-9,15H,4-7,10-14H2,1-3H3,(H,22,26). The van der Waals surface area contributed by atoms with Gasteiger partial charge in [0.2, 0.25) is 0 Å². The highest BCUT2D eigenvalue weighted by Gasteiger charge is 2.16. The maximum Gasteiger partial charge on any atom is 0.326 e. The van der Waals surface area contributed by atoms with Gasteiger partial charge in [0.15, 0.2) is 0 Å². The third-order valence-electron chi connectivity index (χ3n) is 4.80. The van der Waals surface area contributed by atoms with Gasteiger partial charge in [0.05, 0.1) is 17.6 Å². The third-order valence-corrected chi connectivity index (χ3v) is 4.80. The topological polar surface area (TPSA) is 76.6 Å². The van der Waals surface area contributed by atoms with E-state index in [1.54, 1.807) is 4.57 Å². The van der Waals surface area contributed by atoms with Crippen molar-refractivity contribution >= 4 is 17.0 Å². The molecular weight excluding hydrogens is 358 g/mol. The van der Waals surface area contributed by atoms with Crippen LogP contribution in [0, 0.1) is 0 Å². The van der Waals surface area contributed by atoms with Gasteiger partial charge in [-0.25, -0.2) is 4.79 Å². The average Bonchev–Trinajstić information content (AvgIpc) is 3.22. The summed E-state index contributed by atoms with van der Waals surface area (Å²) >= 11 is 0. The molecule has 2 heterocycles. The molecule has 7 nitrogen and oxygen atoms in total. The molecule has 0 bridgehead atoms. The number of imidazole rings is 1. The zero-order chi connectivity index (χ0) is 20.1. The van der Waals surface area contributed by atoms with Crippen molar-refractivity contribution < 1.29 is 14.3 Å². The summed E-state index contributed by atoms with van der Waals surface area (Å²) in [6.45, 7) is 9.82. The fourth-order valence-electron chi connectivity index (χ4n) is 3.50. The van der Waals surface area contributed by atoms with Crippen molar-refractivity contribution in [1.29, 1.82) is 0 Å². The number of likely N-dealkylation sites (tertiary alicyclic amines) is 1. The van der Waals surface area contributed by atoms with E-state index in [1.807, 2.05) is 39.0 Å². The van der Waals surface area contributed by atoms with Crippen LogP contribution in [0.2, 0.25) is 0 Å². The number of carbonyl (C=O) groups excluding carboxylic acids is 1. The van der Waals surface area contributed by atoms with Crippen molar-refractivity contribution in [3.05, 3.63) is 28.7 Å². The maximum absolute atomic E-state index is 12.3. The molecule has 0 radical (unpaired) electrons. The Morgan fingerprint density at radius 2 is 1.93 bits per heavy atom. The number of hydrogen-bond acceptors (Lipinski definition) is 5. The van der Waals surface area contributed by atoms with Gasteiger partial charge >= 0.3 is 11.7 Å². The second-order valence-electron chi connectivity index (χ2n) is 8.35. The first-order chi connectivity index (χ1) is 13.3. The molecule has 0 amide bonds. The van der Waals surface area contributed by atoms with E-state index in [4.69, 9.17) is 9.47 Å². The highest BCUT2D eigenvalue weighted by Crippen LogP contribution is 2.19. The van der Waals surface area contributed by atoms with Gasteiger partial charge in [-0.2, -0.15) is 0 Å². The fourth-order valence-corrected chi connectivity index (χ4v) is 3.50. The number of carbonyl (C=O) groups is 1. The Labute approximate surface area is 165 Å². The minimum Gasteiger partial charge on any atom is -0.494 e. The molecule has 0 atom stereocenters. The predicted molar refractivity (Wildman–Crippen MR) is 109 cm³/mol. The Hall–Kier alpha value is -2.28. The van der Waals surface area contributed by atoms with Crippen molar-refractivity contribution in [2.24, 2.45) is 0 Å². The second kappa shape index (κ2) is 8.82. The minimum atomic E-state index is -0.462. The number of nitrogens with one attached hydrogen (secondary N) is 1. The number of H-pyrrole nitrogens is 1. The first kappa shape index (κ1) is 20.5. The van der Waals surface area contributed by atoms with Gasteiger partial charge in [-0.3, -0.25) is 9.36 Å². The van der Waals surface area contributed by atoms with Crippen LogP contribution < -0.4 is 10.4 Å². The molecule has 3 rings (SSSR count). The Balaban J connectivity index is 1.53. The summed E-state index contributed by atoms with van der Waals surface area (Å²) in [6.07, 6.45) is 3.40. The molecule has 1 aliphatic heterocycles. The molecule has 7 heteroatoms. The highest BCUT2D eigenvalue weighted by molar-refractivity contribution is 5.77. The summed E-state index contributed by atoms with van der Waals surface area (Å²) in [7, 11) is 0. The number of fused-ring (bicyclic) bond motifs is 1. The van der Waals surface area contributed by atoms with E-state index >= 15 is 0 Å². The molecule has 0 unspecified atom stereocenters. The Morgan fingerprint density at radius 1 is 1.18 bits per heavy atom. The van der Waals surface area contributed by atoms with Crippen molar-refractivity contribution in [3.8, 4) is 5.75 Å². The number of benzene rings is 1. The van der Waals surface area contributed by atoms with Crippen LogP contribution in [-0.2, 0) is 16.1 Å². The van der Waals surface area contributed by atoms with E-state index in [0.717, 1.165) is 30.7 Å². The Bertz CT molecular complexity index is 857. The van der Waals surface area contributed by atoms with Gasteiger partial charge < -0.3 is 19.4 Å². The number of nitrogens with zero attached hydrogens (tertiary/aromatic N) is 2. The van der Waals surface area contributed by atoms with Crippen LogP contribution >= 0.6 is 0 Å². The summed E-state index contributed by atoms with van der Waals surface area (Å²) in [4.78, 5) is 29.3. The average molecular weight is 389 g/mol. The van der Waals surface area contributed by atoms with Crippen LogP contribution in [0.1, 0.15) is 46.5 Å². The van der Waals surface area contributed by atoms with Gasteiger partial charge in [0.1, 0.15) is 11.4 Å². The normalized spacial score (nSPS) is 15.2. The largest absolute Gasteiger partial charge is 0.494 e. The van der Waals surface area contributed by atoms with Gasteiger partial charge in [0.25, 0.3) is 0 Å². The zero-order valence-corrected chi connectivity index (χ0v) is 17.1. The molecule has 1 aromatic carbocycles. The van der Waals surface area contributed by atoms with Crippen LogP contribution in [0.4, 0.5) is 0 Å². The van der Waals surface area contributed by atoms with Crippen LogP contribution in [0.5, 0.6) is 5.75 Å². The van der Waals surface area contributed by atoms with E-state index in [-0.39, 0.29) is 11.7 Å². The molecule has 154 valence electrons. The molecular formula is C21H31N3O4. The molecule has 2 aromatic rings. The lowest BCUT2D eigenvalue weighted by Gasteiger charge is -2.19. The predicted octanol–water partition coefficient (Wildman–Crippen LogP) is 2.93. The molecule has 1 saturated heterocycles. The third kappa shape index (κ3) is 5.61. The van der Waals surface area contributed by atoms with E-state index < -0.39 is 5.60 Å². The van der Waals surface area contributed by atoms with E-state index in [0.29, 0.717) is 31.7 Å². The maximum atomic E-state index is 12.3. The number of rotatable bonds is 8. The summed E-state index contributed by atoms with van der Waals surface area (Å²) in [5.41, 5.74) is 1.12. The van der Waals surface area contributed by atoms with E-state index in [9.17, 15) is 9.59 Å². The fraction of sp³-hybridized carbons (Fsp3) is 0.619. The summed E-state index contributed by atoms with van der Waals surface area (Å²) in [5, 5.41) is 0. The quantitative estimate of drug-likeness (QED) is 0.555. The van der Waals surface area contributed by atoms with E-state index in [1.165, 1.54) is 12.8 Å². The zero-order valence-electron chi connectivity index (χ0n) is 17.1. The lowest BCUT2D eigenvalue weighted by atomic mass is 10.2. The molecule has 28 heavy (non-hydrogen) atoms. The van der Waals surface area contributed by atoms with Crippen molar-refractivity contribution in [2.75, 3.05) is 26.2 Å². The van der Waals surface area contributed by atoms with Gasteiger partial charge in [-0.15, -0.1) is 0 Å². The molecule has 1 N–H and O–H groups in total. The lowest BCUT2D eigenvalue weighted by Crippen LogP contribution is -2.28. The summed E-state index contributed by atoms with van der Waals surface area (Å²) in [6, 6.07) is 5.63. The first-order valence-corrected chi connectivity index (χ1v) is 10.1. The SMILES string of the molecule is CC(C)(C)OC(=O)CCCOc1ccc2c(c1)[nH]c(=O)n2CCN1CCCC1. The molecule has 0 saturated carbocycles. The van der Waals surface area contributed by atoms with Crippen LogP contribution in [0.3, 0.4) is 0 Å². The molecule has 1 aromatic heterocycles. The number of ether oxygens (including phenoxy) is 2. The van der Waals surface area contributed by atoms with Crippen molar-refractivity contribution in [2.45, 2.75) is 58.6 Å². The van der Waals surface area contributed by atoms with Crippen LogP contribution in [-0.4, -0.2) is 52.3 Å². The smallest absolute Gasteiger partial charge is 0.326 e. The minimum absolute atomic E-state index is 0.0868. The number of aromatic nitrogens is 2. The Kier molecular flexibility index (Phi) is 6.44. The number of aromatic amines is 1. The highest BCUT2D eigenvalue weighted by atomic mass is 16.6. The van der Waals surface area contributed by atoms with Gasteiger partial charge in [-0.1, -0.05) is 0 Å². The monoisotopic (exact) mass is 389 g/mol. The second-order valence-corrected chi connectivity index (χ2v) is 8.35. The lowest BCUT2D eigenvalue weighted by molar-refractivity contribution is -0.155. The summed E-state index contributed by atoms with van der Waals surface area (Å²) < 4.78 is 12.8. The van der Waals surface area contributed by atoms with Crippen molar-refractivity contribution in [3.63, 3.8) is 0 Å². The van der Waals surface area contributed by atoms with E-state index in [2.05, 4.69) is 9.88 Å². The Morgan fingerprint density at radius 3 is 2.64 bits per heavy atom. The summed E-state index contributed by atoms with van der Waals surface area (Å²) in [5.74, 6) is 0.468. The van der Waals surface area contributed by atoms with Crippen molar-refractivity contribution in [1.82, 2.24) is 14.5 Å². The molecule has 1 aliphatic rings. The molecule has 0 aliphatic carbocycles. The van der Waals surface area contributed by atoms with Crippen LogP contribution in [0.25, 0.3) is 11.0 Å². The van der Waals surface area contributed by atoms with Gasteiger partial charge in [-0.05, 0) is 65.3 Å². The number of esters is 1. The number of hydrogen-bond donors (Lipinski definition) is 1. The molecule has 0 spiro atoms. The van der Waals surface area contributed by atoms with Crippen LogP contribution in [0.15, 0.2) is 23.0 Å². The molecule has 1 fully saturated rings. The van der Waals surface area contributed by atoms with Gasteiger partial charge in [0, 0.05) is 25.6 Å². The first-order valence-electron chi connectivity index (χ1n) is 10.1.